The molecule has 0 aliphatic carbocycles. The van der Waals surface area contributed by atoms with Crippen molar-refractivity contribution in [2.24, 2.45) is 5.10 Å². The first-order chi connectivity index (χ1) is 15.8. The van der Waals surface area contributed by atoms with Crippen LogP contribution in [0.15, 0.2) is 94.9 Å². The molecule has 4 aromatic carbocycles. The molecule has 0 atom stereocenters. The van der Waals surface area contributed by atoms with Gasteiger partial charge in [-0.3, -0.25) is 20.3 Å². The van der Waals surface area contributed by atoms with Crippen molar-refractivity contribution in [1.29, 1.82) is 0 Å². The molecule has 0 spiro atoms. The first-order valence-corrected chi connectivity index (χ1v) is 11.5. The summed E-state index contributed by atoms with van der Waals surface area (Å²) < 4.78 is 28.5. The summed E-state index contributed by atoms with van der Waals surface area (Å²) in [5, 5.41) is 17.6. The molecular formula is C23H17ClN4O4S. The van der Waals surface area contributed by atoms with Gasteiger partial charge >= 0.3 is 0 Å². The van der Waals surface area contributed by atoms with Crippen LogP contribution in [0.2, 0.25) is 5.02 Å². The summed E-state index contributed by atoms with van der Waals surface area (Å²) in [6, 6.07) is 23.2. The number of non-ortho nitro benzene ring substituents is 1. The molecule has 10 heteroatoms. The second-order valence-corrected chi connectivity index (χ2v) is 9.02. The van der Waals surface area contributed by atoms with Crippen LogP contribution in [0.5, 0.6) is 0 Å². The normalized spacial score (nSPS) is 11.5. The highest BCUT2D eigenvalue weighted by Crippen LogP contribution is 2.30. The van der Waals surface area contributed by atoms with E-state index in [0.29, 0.717) is 0 Å². The number of hydrazone groups is 1. The number of nitro benzene ring substituents is 1. The third-order valence-corrected chi connectivity index (χ3v) is 6.53. The summed E-state index contributed by atoms with van der Waals surface area (Å²) in [6.07, 6.45) is 1.56. The molecule has 0 amide bonds. The molecule has 0 aliphatic heterocycles. The summed E-state index contributed by atoms with van der Waals surface area (Å²) in [4.78, 5) is 10.2. The average molecular weight is 481 g/mol. The van der Waals surface area contributed by atoms with Gasteiger partial charge in [-0.15, -0.1) is 0 Å². The second-order valence-electron chi connectivity index (χ2n) is 6.96. The number of fused-ring (bicyclic) bond motifs is 1. The number of nitrogens with zero attached hydrogens (tertiary/aromatic N) is 2. The molecule has 0 saturated heterocycles. The standard InChI is InChI=1S/C23H17ClN4O4S/c24-20-10-3-4-11-21(20)27-33(31,32)23-14-18(28(29)30)12-13-22(23)26-25-15-17-8-5-7-16-6-1-2-9-19(16)17/h1-15,26-27H/b25-15+. The van der Waals surface area contributed by atoms with Gasteiger partial charge < -0.3 is 0 Å². The van der Waals surface area contributed by atoms with Gasteiger partial charge in [0.2, 0.25) is 0 Å². The molecule has 4 rings (SSSR count). The summed E-state index contributed by atoms with van der Waals surface area (Å²) in [7, 11) is -4.23. The lowest BCUT2D eigenvalue weighted by molar-refractivity contribution is -0.385. The van der Waals surface area contributed by atoms with E-state index in [1.807, 2.05) is 42.5 Å². The molecule has 166 valence electrons. The summed E-state index contributed by atoms with van der Waals surface area (Å²) >= 11 is 6.06. The van der Waals surface area contributed by atoms with Crippen LogP contribution in [0, 0.1) is 10.1 Å². The van der Waals surface area contributed by atoms with Gasteiger partial charge in [0.25, 0.3) is 15.7 Å². The zero-order valence-electron chi connectivity index (χ0n) is 17.0. The molecule has 0 aliphatic rings. The molecule has 0 aromatic heterocycles. The Bertz CT molecular complexity index is 1480. The molecule has 0 saturated carbocycles. The molecule has 2 N–H and O–H groups in total. The fourth-order valence-corrected chi connectivity index (χ4v) is 4.71. The highest BCUT2D eigenvalue weighted by Gasteiger charge is 2.23. The van der Waals surface area contributed by atoms with E-state index >= 15 is 0 Å². The van der Waals surface area contributed by atoms with Gasteiger partial charge in [0, 0.05) is 17.7 Å². The van der Waals surface area contributed by atoms with E-state index in [1.165, 1.54) is 24.3 Å². The maximum atomic E-state index is 13.1. The van der Waals surface area contributed by atoms with E-state index in [0.717, 1.165) is 22.4 Å². The number of nitro groups is 1. The predicted octanol–water partition coefficient (Wildman–Crippen LogP) is 5.65. The first kappa shape index (κ1) is 22.3. The SMILES string of the molecule is O=[N+]([O-])c1ccc(N/N=C/c2cccc3ccccc23)c(S(=O)(=O)Nc2ccccc2Cl)c1. The molecule has 0 radical (unpaired) electrons. The van der Waals surface area contributed by atoms with Crippen molar-refractivity contribution in [3.63, 3.8) is 0 Å². The Hall–Kier alpha value is -3.95. The number of hydrogen-bond acceptors (Lipinski definition) is 6. The lowest BCUT2D eigenvalue weighted by atomic mass is 10.1. The van der Waals surface area contributed by atoms with Crippen molar-refractivity contribution in [1.82, 2.24) is 0 Å². The number of para-hydroxylation sites is 1. The van der Waals surface area contributed by atoms with Gasteiger partial charge in [-0.25, -0.2) is 8.42 Å². The molecule has 0 fully saturated rings. The van der Waals surface area contributed by atoms with Crippen LogP contribution in [0.4, 0.5) is 17.1 Å². The topological polar surface area (TPSA) is 114 Å². The van der Waals surface area contributed by atoms with Crippen molar-refractivity contribution in [3.8, 4) is 0 Å². The minimum absolute atomic E-state index is 0.0663. The van der Waals surface area contributed by atoms with Crippen LogP contribution in [-0.2, 0) is 10.0 Å². The average Bonchev–Trinajstić information content (AvgIpc) is 2.80. The lowest BCUT2D eigenvalue weighted by Crippen LogP contribution is -2.15. The summed E-state index contributed by atoms with van der Waals surface area (Å²) in [5.74, 6) is 0. The van der Waals surface area contributed by atoms with Gasteiger partial charge in [0.05, 0.1) is 27.5 Å². The van der Waals surface area contributed by atoms with Crippen LogP contribution < -0.4 is 10.1 Å². The van der Waals surface area contributed by atoms with Gasteiger partial charge in [-0.1, -0.05) is 66.2 Å². The second kappa shape index (κ2) is 9.27. The minimum Gasteiger partial charge on any atom is -0.278 e. The Kier molecular flexibility index (Phi) is 6.25. The Balaban J connectivity index is 1.69. The fraction of sp³-hybridized carbons (Fsp3) is 0. The van der Waals surface area contributed by atoms with Gasteiger partial charge in [0.15, 0.2) is 0 Å². The Morgan fingerprint density at radius 3 is 2.42 bits per heavy atom. The molecule has 8 nitrogen and oxygen atoms in total. The van der Waals surface area contributed by atoms with E-state index in [1.54, 1.807) is 18.3 Å². The van der Waals surface area contributed by atoms with Gasteiger partial charge in [-0.05, 0) is 29.0 Å². The van der Waals surface area contributed by atoms with E-state index < -0.39 is 14.9 Å². The van der Waals surface area contributed by atoms with E-state index in [-0.39, 0.29) is 27.0 Å². The monoisotopic (exact) mass is 480 g/mol. The molecule has 0 bridgehead atoms. The Morgan fingerprint density at radius 2 is 1.64 bits per heavy atom. The summed E-state index contributed by atoms with van der Waals surface area (Å²) in [5.41, 5.74) is 3.35. The van der Waals surface area contributed by atoms with Crippen molar-refractivity contribution >= 4 is 55.7 Å². The van der Waals surface area contributed by atoms with Crippen molar-refractivity contribution < 1.29 is 13.3 Å². The zero-order valence-corrected chi connectivity index (χ0v) is 18.5. The molecule has 4 aromatic rings. The number of sulfonamides is 1. The number of benzene rings is 4. The molecular weight excluding hydrogens is 464 g/mol. The number of nitrogens with one attached hydrogen (secondary N) is 2. The number of anilines is 2. The lowest BCUT2D eigenvalue weighted by Gasteiger charge is -2.13. The maximum Gasteiger partial charge on any atom is 0.270 e. The van der Waals surface area contributed by atoms with Crippen molar-refractivity contribution in [2.45, 2.75) is 4.90 Å². The molecule has 0 heterocycles. The predicted molar refractivity (Wildman–Crippen MR) is 131 cm³/mol. The minimum atomic E-state index is -4.23. The third kappa shape index (κ3) is 4.94. The van der Waals surface area contributed by atoms with Crippen LogP contribution >= 0.6 is 11.6 Å². The van der Waals surface area contributed by atoms with Crippen molar-refractivity contribution in [3.05, 3.63) is 106 Å². The smallest absolute Gasteiger partial charge is 0.270 e. The van der Waals surface area contributed by atoms with Crippen LogP contribution in [0.1, 0.15) is 5.56 Å². The quantitative estimate of drug-likeness (QED) is 0.201. The highest BCUT2D eigenvalue weighted by molar-refractivity contribution is 7.93. The largest absolute Gasteiger partial charge is 0.278 e. The zero-order chi connectivity index (χ0) is 23.4. The van der Waals surface area contributed by atoms with E-state index in [2.05, 4.69) is 15.2 Å². The number of rotatable bonds is 7. The number of hydrogen-bond donors (Lipinski definition) is 2. The van der Waals surface area contributed by atoms with Gasteiger partial charge in [0.1, 0.15) is 4.90 Å². The van der Waals surface area contributed by atoms with Crippen LogP contribution in [0.25, 0.3) is 10.8 Å². The van der Waals surface area contributed by atoms with Crippen molar-refractivity contribution in [2.75, 3.05) is 10.1 Å². The van der Waals surface area contributed by atoms with Crippen LogP contribution in [-0.4, -0.2) is 19.6 Å². The first-order valence-electron chi connectivity index (χ1n) is 9.68. The maximum absolute atomic E-state index is 13.1. The Morgan fingerprint density at radius 1 is 0.909 bits per heavy atom. The van der Waals surface area contributed by atoms with E-state index in [4.69, 9.17) is 11.6 Å². The molecule has 33 heavy (non-hydrogen) atoms. The highest BCUT2D eigenvalue weighted by atomic mass is 35.5. The number of halogens is 1. The summed E-state index contributed by atoms with van der Waals surface area (Å²) in [6.45, 7) is 0. The molecule has 0 unspecified atom stereocenters. The third-order valence-electron chi connectivity index (χ3n) is 4.80. The van der Waals surface area contributed by atoms with Gasteiger partial charge in [-0.2, -0.15) is 5.10 Å². The fourth-order valence-electron chi connectivity index (χ4n) is 3.22. The van der Waals surface area contributed by atoms with Crippen LogP contribution in [0.3, 0.4) is 0 Å². The van der Waals surface area contributed by atoms with E-state index in [9.17, 15) is 18.5 Å². The Labute approximate surface area is 194 Å².